The zero-order valence-corrected chi connectivity index (χ0v) is 16.6. The molecule has 0 aromatic heterocycles. The summed E-state index contributed by atoms with van der Waals surface area (Å²) in [5, 5.41) is 19.2. The summed E-state index contributed by atoms with van der Waals surface area (Å²) in [7, 11) is 0. The zero-order valence-electron chi connectivity index (χ0n) is 15.1. The summed E-state index contributed by atoms with van der Waals surface area (Å²) in [6.45, 7) is -0.562. The van der Waals surface area contributed by atoms with E-state index in [1.807, 2.05) is 0 Å². The average molecular weight is 457 g/mol. The molecule has 3 aromatic carbocycles. The molecule has 3 aromatic rings. The molecule has 0 spiro atoms. The SMILES string of the molecule is O=C(O)COc1cc(Cl)c(Cc2ccc(O)c(-c3cc(F)c(F)cc3F)c2)c(Cl)c1. The van der Waals surface area contributed by atoms with Crippen molar-refractivity contribution in [1.29, 1.82) is 0 Å². The molecular formula is C21H13Cl2F3O4. The van der Waals surface area contributed by atoms with Crippen molar-refractivity contribution >= 4 is 29.2 Å². The van der Waals surface area contributed by atoms with Gasteiger partial charge < -0.3 is 14.9 Å². The number of aromatic hydroxyl groups is 1. The van der Waals surface area contributed by atoms with Crippen LogP contribution in [-0.2, 0) is 11.2 Å². The van der Waals surface area contributed by atoms with Gasteiger partial charge in [0.1, 0.15) is 17.3 Å². The number of ether oxygens (including phenoxy) is 1. The molecule has 0 bridgehead atoms. The Kier molecular flexibility index (Phi) is 6.43. The Balaban J connectivity index is 1.95. The van der Waals surface area contributed by atoms with E-state index in [1.54, 1.807) is 0 Å². The van der Waals surface area contributed by atoms with Crippen molar-refractivity contribution < 1.29 is 32.9 Å². The number of phenolic OH excluding ortho intramolecular Hbond substituents is 1. The molecule has 0 fully saturated rings. The third-order valence-corrected chi connectivity index (χ3v) is 4.89. The highest BCUT2D eigenvalue weighted by molar-refractivity contribution is 6.36. The van der Waals surface area contributed by atoms with Crippen LogP contribution in [0.1, 0.15) is 11.1 Å². The number of halogens is 5. The van der Waals surface area contributed by atoms with Gasteiger partial charge in [-0.3, -0.25) is 0 Å². The second kappa shape index (κ2) is 8.85. The van der Waals surface area contributed by atoms with Gasteiger partial charge in [-0.1, -0.05) is 29.3 Å². The molecule has 30 heavy (non-hydrogen) atoms. The molecule has 3 rings (SSSR count). The molecule has 0 radical (unpaired) electrons. The van der Waals surface area contributed by atoms with Crippen molar-refractivity contribution in [3.05, 3.63) is 81.1 Å². The van der Waals surface area contributed by atoms with Gasteiger partial charge in [-0.2, -0.15) is 0 Å². The Morgan fingerprint density at radius 3 is 2.17 bits per heavy atom. The lowest BCUT2D eigenvalue weighted by Crippen LogP contribution is -2.09. The lowest BCUT2D eigenvalue weighted by atomic mass is 9.97. The van der Waals surface area contributed by atoms with E-state index < -0.39 is 30.0 Å². The highest BCUT2D eigenvalue weighted by Gasteiger charge is 2.17. The normalized spacial score (nSPS) is 10.8. The van der Waals surface area contributed by atoms with Crippen LogP contribution >= 0.6 is 23.2 Å². The second-order valence-corrected chi connectivity index (χ2v) is 7.14. The highest BCUT2D eigenvalue weighted by atomic mass is 35.5. The van der Waals surface area contributed by atoms with E-state index in [2.05, 4.69) is 0 Å². The fraction of sp³-hybridized carbons (Fsp3) is 0.0952. The zero-order chi connectivity index (χ0) is 22.0. The van der Waals surface area contributed by atoms with Gasteiger partial charge in [-0.25, -0.2) is 18.0 Å². The largest absolute Gasteiger partial charge is 0.507 e. The molecule has 0 saturated carbocycles. The maximum Gasteiger partial charge on any atom is 0.341 e. The van der Waals surface area contributed by atoms with E-state index in [4.69, 9.17) is 33.0 Å². The minimum Gasteiger partial charge on any atom is -0.507 e. The summed E-state index contributed by atoms with van der Waals surface area (Å²) in [4.78, 5) is 10.6. The lowest BCUT2D eigenvalue weighted by Gasteiger charge is -2.13. The van der Waals surface area contributed by atoms with Crippen LogP contribution in [-0.4, -0.2) is 22.8 Å². The van der Waals surface area contributed by atoms with Crippen LogP contribution in [0.3, 0.4) is 0 Å². The number of carboxylic acids is 1. The summed E-state index contributed by atoms with van der Waals surface area (Å²) < 4.78 is 46.0. The summed E-state index contributed by atoms with van der Waals surface area (Å²) in [6, 6.07) is 8.12. The van der Waals surface area contributed by atoms with E-state index in [0.29, 0.717) is 23.3 Å². The monoisotopic (exact) mass is 456 g/mol. The number of benzene rings is 3. The van der Waals surface area contributed by atoms with Gasteiger partial charge in [0.15, 0.2) is 18.2 Å². The van der Waals surface area contributed by atoms with E-state index in [9.17, 15) is 23.1 Å². The Morgan fingerprint density at radius 1 is 0.900 bits per heavy atom. The molecule has 0 aliphatic rings. The van der Waals surface area contributed by atoms with Crippen LogP contribution in [0.25, 0.3) is 11.1 Å². The van der Waals surface area contributed by atoms with E-state index in [1.165, 1.54) is 30.3 Å². The van der Waals surface area contributed by atoms with Crippen LogP contribution in [0.5, 0.6) is 11.5 Å². The van der Waals surface area contributed by atoms with Gasteiger partial charge in [0.2, 0.25) is 0 Å². The molecule has 0 aliphatic heterocycles. The van der Waals surface area contributed by atoms with E-state index in [0.717, 1.165) is 0 Å². The summed E-state index contributed by atoms with van der Waals surface area (Å²) in [6.07, 6.45) is 0.162. The summed E-state index contributed by atoms with van der Waals surface area (Å²) in [5.41, 5.74) is 0.693. The smallest absolute Gasteiger partial charge is 0.341 e. The molecule has 0 atom stereocenters. The topological polar surface area (TPSA) is 66.8 Å². The molecule has 0 amide bonds. The first-order valence-electron chi connectivity index (χ1n) is 8.45. The fourth-order valence-corrected chi connectivity index (χ4v) is 3.42. The van der Waals surface area contributed by atoms with Crippen molar-refractivity contribution in [2.75, 3.05) is 6.61 Å². The van der Waals surface area contributed by atoms with Gasteiger partial charge in [0.05, 0.1) is 0 Å². The molecular weight excluding hydrogens is 444 g/mol. The highest BCUT2D eigenvalue weighted by Crippen LogP contribution is 2.36. The van der Waals surface area contributed by atoms with Crippen LogP contribution in [0.4, 0.5) is 13.2 Å². The van der Waals surface area contributed by atoms with Gasteiger partial charge in [0.25, 0.3) is 0 Å². The predicted molar refractivity (Wildman–Crippen MR) is 106 cm³/mol. The molecule has 0 heterocycles. The molecule has 9 heteroatoms. The number of carbonyl (C=O) groups is 1. The quantitative estimate of drug-likeness (QED) is 0.457. The Labute approximate surface area is 179 Å². The molecule has 4 nitrogen and oxygen atoms in total. The van der Waals surface area contributed by atoms with E-state index in [-0.39, 0.29) is 39.1 Å². The third kappa shape index (κ3) is 4.80. The molecule has 0 unspecified atom stereocenters. The summed E-state index contributed by atoms with van der Waals surface area (Å²) >= 11 is 12.5. The number of hydrogen-bond donors (Lipinski definition) is 2. The van der Waals surface area contributed by atoms with Gasteiger partial charge >= 0.3 is 5.97 Å². The van der Waals surface area contributed by atoms with Crippen molar-refractivity contribution in [3.8, 4) is 22.6 Å². The molecule has 156 valence electrons. The number of carboxylic acid groups (broad SMARTS) is 1. The third-order valence-electron chi connectivity index (χ3n) is 4.22. The Morgan fingerprint density at radius 2 is 1.53 bits per heavy atom. The minimum absolute atomic E-state index is 0.0300. The second-order valence-electron chi connectivity index (χ2n) is 6.32. The van der Waals surface area contributed by atoms with Crippen LogP contribution in [0.15, 0.2) is 42.5 Å². The first kappa shape index (κ1) is 21.8. The first-order valence-corrected chi connectivity index (χ1v) is 9.20. The number of hydrogen-bond acceptors (Lipinski definition) is 3. The number of rotatable bonds is 6. The summed E-state index contributed by atoms with van der Waals surface area (Å²) in [5.74, 6) is -4.93. The maximum atomic E-state index is 14.1. The van der Waals surface area contributed by atoms with E-state index >= 15 is 0 Å². The van der Waals surface area contributed by atoms with Crippen LogP contribution in [0, 0.1) is 17.5 Å². The van der Waals surface area contributed by atoms with Crippen LogP contribution in [0.2, 0.25) is 10.0 Å². The molecule has 0 saturated heterocycles. The minimum atomic E-state index is -1.34. The number of aliphatic carboxylic acids is 1. The fourth-order valence-electron chi connectivity index (χ4n) is 2.82. The Hall–Kier alpha value is -2.90. The van der Waals surface area contributed by atoms with Crippen molar-refractivity contribution in [1.82, 2.24) is 0 Å². The van der Waals surface area contributed by atoms with Gasteiger partial charge in [-0.05, 0) is 41.5 Å². The molecule has 2 N–H and O–H groups in total. The standard InChI is InChI=1S/C21H13Cl2F3O4/c22-15-5-11(30-9-21(28)29)6-16(23)14(15)4-10-1-2-20(27)13(3-10)12-7-18(25)19(26)8-17(12)24/h1-3,5-8,27H,4,9H2,(H,28,29). The number of phenols is 1. The average Bonchev–Trinajstić information content (AvgIpc) is 2.67. The van der Waals surface area contributed by atoms with Gasteiger partial charge in [0, 0.05) is 33.7 Å². The molecule has 0 aliphatic carbocycles. The van der Waals surface area contributed by atoms with Crippen molar-refractivity contribution in [2.45, 2.75) is 6.42 Å². The van der Waals surface area contributed by atoms with Crippen molar-refractivity contribution in [2.24, 2.45) is 0 Å². The van der Waals surface area contributed by atoms with Crippen molar-refractivity contribution in [3.63, 3.8) is 0 Å². The van der Waals surface area contributed by atoms with Crippen LogP contribution < -0.4 is 4.74 Å². The predicted octanol–water partition coefficient (Wildman–Crippen LogP) is 5.84. The lowest BCUT2D eigenvalue weighted by molar-refractivity contribution is -0.139. The maximum absolute atomic E-state index is 14.1. The first-order chi connectivity index (χ1) is 14.2. The Bertz CT molecular complexity index is 1110. The van der Waals surface area contributed by atoms with Gasteiger partial charge in [-0.15, -0.1) is 0 Å².